The summed E-state index contributed by atoms with van der Waals surface area (Å²) in [5.74, 6) is 4.83. The van der Waals surface area contributed by atoms with Crippen LogP contribution in [-0.4, -0.2) is 51.3 Å². The molecule has 2 aliphatic rings. The third kappa shape index (κ3) is 3.77. The molecule has 1 saturated carbocycles. The first-order valence-corrected chi connectivity index (χ1v) is 10.5. The van der Waals surface area contributed by atoms with Crippen molar-refractivity contribution in [3.8, 4) is 23.1 Å². The monoisotopic (exact) mass is 421 g/mol. The fraction of sp³-hybridized carbons (Fsp3) is 0.435. The number of aliphatic hydroxyl groups excluding tert-OH is 1. The molecule has 162 valence electrons. The Labute approximate surface area is 181 Å². The number of aromatic nitrogens is 2. The number of benzene rings is 1. The van der Waals surface area contributed by atoms with Gasteiger partial charge in [-0.25, -0.2) is 4.68 Å². The number of hydrogen-bond donors (Lipinski definition) is 3. The van der Waals surface area contributed by atoms with Gasteiger partial charge < -0.3 is 21.5 Å². The standard InChI is InChI=1S/C23H27N5O3/c1-2-3-18(30)27-10-9-23(14-27)12-17(13-23)28-21(24)19(22(25)31)20(26-28)16-6-4-15(5-7-16)8-11-29/h4-7,17,29H,8-14,24H2,1H3,(H2,25,31)/t17-,23-. The van der Waals surface area contributed by atoms with Crippen molar-refractivity contribution in [1.82, 2.24) is 14.7 Å². The van der Waals surface area contributed by atoms with Gasteiger partial charge in [-0.3, -0.25) is 9.59 Å². The van der Waals surface area contributed by atoms with Crippen LogP contribution < -0.4 is 11.5 Å². The van der Waals surface area contributed by atoms with Crippen molar-refractivity contribution in [2.45, 2.75) is 38.6 Å². The normalized spacial score (nSPS) is 22.1. The smallest absolute Gasteiger partial charge is 0.298 e. The average Bonchev–Trinajstić information content (AvgIpc) is 3.30. The molecule has 1 aromatic heterocycles. The fourth-order valence-electron chi connectivity index (χ4n) is 4.87. The highest BCUT2D eigenvalue weighted by atomic mass is 16.3. The van der Waals surface area contributed by atoms with Gasteiger partial charge in [-0.2, -0.15) is 5.10 Å². The van der Waals surface area contributed by atoms with E-state index in [1.807, 2.05) is 29.2 Å². The van der Waals surface area contributed by atoms with Gasteiger partial charge in [0.15, 0.2) is 0 Å². The molecule has 0 unspecified atom stereocenters. The summed E-state index contributed by atoms with van der Waals surface area (Å²) in [6.07, 6.45) is 3.18. The third-order valence-electron chi connectivity index (χ3n) is 6.46. The van der Waals surface area contributed by atoms with E-state index in [1.165, 1.54) is 0 Å². The van der Waals surface area contributed by atoms with E-state index in [-0.39, 0.29) is 35.4 Å². The molecule has 5 N–H and O–H groups in total. The van der Waals surface area contributed by atoms with E-state index in [9.17, 15) is 9.59 Å². The zero-order valence-corrected chi connectivity index (χ0v) is 17.6. The van der Waals surface area contributed by atoms with Crippen molar-refractivity contribution in [3.05, 3.63) is 35.4 Å². The van der Waals surface area contributed by atoms with Crippen molar-refractivity contribution in [2.75, 3.05) is 25.4 Å². The fourth-order valence-corrected chi connectivity index (χ4v) is 4.87. The van der Waals surface area contributed by atoms with Crippen LogP contribution in [0.4, 0.5) is 5.82 Å². The second-order valence-electron chi connectivity index (χ2n) is 8.50. The van der Waals surface area contributed by atoms with Crippen LogP contribution in [0, 0.1) is 17.3 Å². The van der Waals surface area contributed by atoms with Gasteiger partial charge in [0.05, 0.1) is 6.04 Å². The Hall–Kier alpha value is -3.31. The van der Waals surface area contributed by atoms with Crippen molar-refractivity contribution < 1.29 is 14.7 Å². The quantitative estimate of drug-likeness (QED) is 0.628. The van der Waals surface area contributed by atoms with Gasteiger partial charge in [0, 0.05) is 25.3 Å². The summed E-state index contributed by atoms with van der Waals surface area (Å²) < 4.78 is 1.72. The van der Waals surface area contributed by atoms with Crippen molar-refractivity contribution in [1.29, 1.82) is 0 Å². The molecule has 1 aliphatic carbocycles. The highest BCUT2D eigenvalue weighted by Gasteiger charge is 2.51. The number of carbonyl (C=O) groups excluding carboxylic acids is 2. The lowest BCUT2D eigenvalue weighted by Crippen LogP contribution is -2.42. The second-order valence-corrected chi connectivity index (χ2v) is 8.50. The van der Waals surface area contributed by atoms with Gasteiger partial charge in [0.2, 0.25) is 0 Å². The molecule has 0 atom stereocenters. The van der Waals surface area contributed by atoms with Crippen LogP contribution in [0.5, 0.6) is 0 Å². The molecule has 0 bridgehead atoms. The van der Waals surface area contributed by atoms with E-state index in [1.54, 1.807) is 11.6 Å². The van der Waals surface area contributed by atoms with Crippen molar-refractivity contribution >= 4 is 17.6 Å². The van der Waals surface area contributed by atoms with Gasteiger partial charge in [-0.1, -0.05) is 30.2 Å². The molecule has 2 fully saturated rings. The van der Waals surface area contributed by atoms with E-state index >= 15 is 0 Å². The zero-order chi connectivity index (χ0) is 22.2. The topological polar surface area (TPSA) is 127 Å². The molecule has 1 aliphatic heterocycles. The minimum absolute atomic E-state index is 0.0626. The first-order chi connectivity index (χ1) is 14.9. The summed E-state index contributed by atoms with van der Waals surface area (Å²) in [4.78, 5) is 26.0. The summed E-state index contributed by atoms with van der Waals surface area (Å²) in [5.41, 5.74) is 14.5. The maximum atomic E-state index is 12.2. The van der Waals surface area contributed by atoms with Crippen LogP contribution in [0.25, 0.3) is 11.3 Å². The van der Waals surface area contributed by atoms with Crippen molar-refractivity contribution in [3.63, 3.8) is 0 Å². The first kappa shape index (κ1) is 20.9. The molecule has 8 nitrogen and oxygen atoms in total. The van der Waals surface area contributed by atoms with E-state index < -0.39 is 5.91 Å². The predicted octanol–water partition coefficient (Wildman–Crippen LogP) is 1.34. The molecular weight excluding hydrogens is 394 g/mol. The minimum atomic E-state index is -0.608. The Balaban J connectivity index is 1.55. The number of likely N-dealkylation sites (tertiary alicyclic amines) is 1. The zero-order valence-electron chi connectivity index (χ0n) is 17.6. The molecule has 4 rings (SSSR count). The number of carbonyl (C=O) groups is 2. The molecule has 31 heavy (non-hydrogen) atoms. The molecule has 1 aromatic carbocycles. The lowest BCUT2D eigenvalue weighted by atomic mass is 9.65. The number of anilines is 1. The van der Waals surface area contributed by atoms with E-state index in [0.29, 0.717) is 25.2 Å². The summed E-state index contributed by atoms with van der Waals surface area (Å²) in [7, 11) is 0. The van der Waals surface area contributed by atoms with Crippen LogP contribution in [-0.2, 0) is 11.2 Å². The first-order valence-electron chi connectivity index (χ1n) is 10.5. The maximum absolute atomic E-state index is 12.2. The number of primary amides is 1. The van der Waals surface area contributed by atoms with E-state index in [2.05, 4.69) is 16.9 Å². The molecule has 2 aromatic rings. The van der Waals surface area contributed by atoms with Gasteiger partial charge >= 0.3 is 0 Å². The molecule has 2 heterocycles. The Morgan fingerprint density at radius 3 is 2.61 bits per heavy atom. The molecule has 1 spiro atoms. The molecular formula is C23H27N5O3. The molecule has 1 saturated heterocycles. The number of nitrogens with zero attached hydrogens (tertiary/aromatic N) is 3. The maximum Gasteiger partial charge on any atom is 0.298 e. The predicted molar refractivity (Wildman–Crippen MR) is 117 cm³/mol. The SMILES string of the molecule is CC#CC(=O)N1CC[C@]2(C1)C[C@H](n1nc(-c3ccc(CCO)cc3)c(C(N)=O)c1N)C2. The van der Waals surface area contributed by atoms with Crippen LogP contribution >= 0.6 is 0 Å². The van der Waals surface area contributed by atoms with Crippen LogP contribution in [0.1, 0.15) is 48.1 Å². The Bertz CT molecular complexity index is 1070. The highest BCUT2D eigenvalue weighted by molar-refractivity contribution is 6.03. The van der Waals surface area contributed by atoms with Crippen LogP contribution in [0.2, 0.25) is 0 Å². The number of nitrogen functional groups attached to an aromatic ring is 1. The third-order valence-corrected chi connectivity index (χ3v) is 6.46. The molecule has 0 radical (unpaired) electrons. The summed E-state index contributed by atoms with van der Waals surface area (Å²) in [6.45, 7) is 3.15. The average molecular weight is 422 g/mol. The molecule has 2 amide bonds. The number of amides is 2. The van der Waals surface area contributed by atoms with Gasteiger partial charge in [0.1, 0.15) is 17.1 Å². The molecule has 8 heteroatoms. The Morgan fingerprint density at radius 2 is 2.00 bits per heavy atom. The Kier molecular flexibility index (Phi) is 5.46. The second kappa shape index (κ2) is 8.08. The van der Waals surface area contributed by atoms with Gasteiger partial charge in [0.25, 0.3) is 11.8 Å². The van der Waals surface area contributed by atoms with Crippen molar-refractivity contribution in [2.24, 2.45) is 11.1 Å². The largest absolute Gasteiger partial charge is 0.396 e. The van der Waals surface area contributed by atoms with Gasteiger partial charge in [-0.15, -0.1) is 0 Å². The minimum Gasteiger partial charge on any atom is -0.396 e. The number of nitrogens with two attached hydrogens (primary N) is 2. The lowest BCUT2D eigenvalue weighted by Gasteiger charge is -2.45. The number of rotatable bonds is 5. The van der Waals surface area contributed by atoms with E-state index in [0.717, 1.165) is 30.4 Å². The highest BCUT2D eigenvalue weighted by Crippen LogP contribution is 2.54. The lowest BCUT2D eigenvalue weighted by molar-refractivity contribution is -0.125. The van der Waals surface area contributed by atoms with Gasteiger partial charge in [-0.05, 0) is 49.5 Å². The van der Waals surface area contributed by atoms with Crippen LogP contribution in [0.3, 0.4) is 0 Å². The summed E-state index contributed by atoms with van der Waals surface area (Å²) >= 11 is 0. The number of hydrogen-bond acceptors (Lipinski definition) is 5. The summed E-state index contributed by atoms with van der Waals surface area (Å²) in [6, 6.07) is 7.58. The Morgan fingerprint density at radius 1 is 1.29 bits per heavy atom. The van der Waals surface area contributed by atoms with Crippen LogP contribution in [0.15, 0.2) is 24.3 Å². The van der Waals surface area contributed by atoms with E-state index in [4.69, 9.17) is 16.6 Å². The number of aliphatic hydroxyl groups is 1. The summed E-state index contributed by atoms with van der Waals surface area (Å²) in [5, 5.41) is 13.8.